The lowest BCUT2D eigenvalue weighted by molar-refractivity contribution is 0.959. The van der Waals surface area contributed by atoms with Crippen LogP contribution in [-0.2, 0) is 0 Å². The molecule has 0 fully saturated rings. The summed E-state index contributed by atoms with van der Waals surface area (Å²) in [6, 6.07) is 8.83. The maximum absolute atomic E-state index is 2.32. The Hall–Kier alpha value is -1.30. The van der Waals surface area contributed by atoms with Crippen molar-refractivity contribution in [2.75, 3.05) is 0 Å². The van der Waals surface area contributed by atoms with Gasteiger partial charge in [0.15, 0.2) is 0 Å². The molecule has 0 aliphatic heterocycles. The van der Waals surface area contributed by atoms with Crippen LogP contribution >= 0.6 is 0 Å². The average Bonchev–Trinajstić information content (AvgIpc) is 2.35. The van der Waals surface area contributed by atoms with Gasteiger partial charge in [-0.15, -0.1) is 0 Å². The van der Waals surface area contributed by atoms with Crippen molar-refractivity contribution in [2.24, 2.45) is 0 Å². The second-order valence-corrected chi connectivity index (χ2v) is 4.22. The summed E-state index contributed by atoms with van der Waals surface area (Å²) in [6.07, 6.45) is 6.85. The minimum Gasteiger partial charge on any atom is -0.0841 e. The molecule has 0 bridgehead atoms. The van der Waals surface area contributed by atoms with E-state index in [1.807, 2.05) is 0 Å². The molecule has 0 saturated carbocycles. The van der Waals surface area contributed by atoms with Crippen LogP contribution in [0.15, 0.2) is 36.4 Å². The lowest BCUT2D eigenvalue weighted by Crippen LogP contribution is -1.83. The number of benzene rings is 1. The fraction of sp³-hybridized carbons (Fsp3) is 0.375. The molecule has 0 aromatic heterocycles. The van der Waals surface area contributed by atoms with Crippen molar-refractivity contribution in [3.63, 3.8) is 0 Å². The van der Waals surface area contributed by atoms with Crippen molar-refractivity contribution in [3.05, 3.63) is 47.5 Å². The molecule has 86 valence electrons. The molecule has 1 aromatic carbocycles. The minimum atomic E-state index is 1.17. The quantitative estimate of drug-likeness (QED) is 0.637. The van der Waals surface area contributed by atoms with Gasteiger partial charge >= 0.3 is 0 Å². The van der Waals surface area contributed by atoms with Gasteiger partial charge in [-0.05, 0) is 49.5 Å². The molecule has 0 radical (unpaired) electrons. The van der Waals surface area contributed by atoms with Crippen LogP contribution in [-0.4, -0.2) is 0 Å². The van der Waals surface area contributed by atoms with Crippen molar-refractivity contribution >= 4 is 11.1 Å². The van der Waals surface area contributed by atoms with Crippen molar-refractivity contribution in [2.45, 2.75) is 40.5 Å². The Morgan fingerprint density at radius 2 is 1.50 bits per heavy atom. The number of rotatable bonds is 4. The summed E-state index contributed by atoms with van der Waals surface area (Å²) in [5.41, 5.74) is 5.36. The van der Waals surface area contributed by atoms with Crippen LogP contribution in [0.4, 0.5) is 0 Å². The summed E-state index contributed by atoms with van der Waals surface area (Å²) in [6.45, 7) is 8.62. The summed E-state index contributed by atoms with van der Waals surface area (Å²) < 4.78 is 0. The predicted molar refractivity (Wildman–Crippen MR) is 74.3 cm³/mol. The van der Waals surface area contributed by atoms with E-state index in [0.29, 0.717) is 0 Å². The number of hydrogen-bond acceptors (Lipinski definition) is 0. The van der Waals surface area contributed by atoms with E-state index in [0.717, 1.165) is 0 Å². The third-order valence-electron chi connectivity index (χ3n) is 2.97. The topological polar surface area (TPSA) is 0 Å². The lowest BCUT2D eigenvalue weighted by atomic mass is 10.0. The zero-order valence-electron chi connectivity index (χ0n) is 10.9. The molecule has 1 aromatic rings. The van der Waals surface area contributed by atoms with Gasteiger partial charge in [0.25, 0.3) is 0 Å². The summed E-state index contributed by atoms with van der Waals surface area (Å²) in [5, 5.41) is 0. The smallest absolute Gasteiger partial charge is 0.0230 e. The first-order valence-electron chi connectivity index (χ1n) is 6.09. The second kappa shape index (κ2) is 6.32. The Bertz CT molecular complexity index is 377. The highest BCUT2D eigenvalue weighted by atomic mass is 14.0. The Morgan fingerprint density at radius 1 is 1.00 bits per heavy atom. The molecule has 16 heavy (non-hydrogen) atoms. The van der Waals surface area contributed by atoms with Gasteiger partial charge in [-0.25, -0.2) is 0 Å². The number of unbranched alkanes of at least 4 members (excludes halogenated alkanes) is 1. The number of hydrogen-bond donors (Lipinski definition) is 0. The van der Waals surface area contributed by atoms with Crippen LogP contribution in [0.3, 0.4) is 0 Å². The molecule has 0 nitrogen and oxygen atoms in total. The van der Waals surface area contributed by atoms with E-state index in [2.05, 4.69) is 64.1 Å². The van der Waals surface area contributed by atoms with Gasteiger partial charge in [-0.2, -0.15) is 0 Å². The Morgan fingerprint density at radius 3 is 1.94 bits per heavy atom. The van der Waals surface area contributed by atoms with E-state index in [-0.39, 0.29) is 0 Å². The molecule has 0 saturated heterocycles. The number of allylic oxidation sites excluding steroid dienone is 4. The average molecular weight is 214 g/mol. The molecule has 0 atom stereocenters. The largest absolute Gasteiger partial charge is 0.0841 e. The van der Waals surface area contributed by atoms with Crippen LogP contribution in [0.1, 0.15) is 51.7 Å². The second-order valence-electron chi connectivity index (χ2n) is 4.22. The fourth-order valence-electron chi connectivity index (χ4n) is 1.64. The molecular formula is C16H22. The van der Waals surface area contributed by atoms with Crippen LogP contribution in [0, 0.1) is 0 Å². The van der Waals surface area contributed by atoms with E-state index >= 15 is 0 Å². The SMILES string of the molecule is C/C=C(\C)c1ccc(/C(C)=C/CCC)cc1. The Labute approximate surface area is 99.7 Å². The molecular weight excluding hydrogens is 192 g/mol. The molecule has 0 aliphatic carbocycles. The molecule has 0 aliphatic rings. The van der Waals surface area contributed by atoms with Crippen molar-refractivity contribution in [3.8, 4) is 0 Å². The first-order valence-corrected chi connectivity index (χ1v) is 6.09. The van der Waals surface area contributed by atoms with Gasteiger partial charge in [0.1, 0.15) is 0 Å². The van der Waals surface area contributed by atoms with E-state index in [1.54, 1.807) is 0 Å². The van der Waals surface area contributed by atoms with Crippen LogP contribution in [0.5, 0.6) is 0 Å². The van der Waals surface area contributed by atoms with Gasteiger partial charge in [0.2, 0.25) is 0 Å². The molecule has 0 amide bonds. The highest BCUT2D eigenvalue weighted by Gasteiger charge is 1.97. The zero-order valence-corrected chi connectivity index (χ0v) is 10.9. The first-order chi connectivity index (χ1) is 7.69. The first kappa shape index (κ1) is 12.8. The summed E-state index contributed by atoms with van der Waals surface area (Å²) >= 11 is 0. The standard InChI is InChI=1S/C16H22/c1-5-7-8-14(4)16-11-9-15(10-12-16)13(3)6-2/h6,8-12H,5,7H2,1-4H3/b13-6+,14-8+. The van der Waals surface area contributed by atoms with Gasteiger partial charge in [-0.3, -0.25) is 0 Å². The maximum Gasteiger partial charge on any atom is -0.0230 e. The monoisotopic (exact) mass is 214 g/mol. The van der Waals surface area contributed by atoms with Crippen LogP contribution in [0.25, 0.3) is 11.1 Å². The summed E-state index contributed by atoms with van der Waals surface area (Å²) in [7, 11) is 0. The zero-order chi connectivity index (χ0) is 12.0. The van der Waals surface area contributed by atoms with Crippen LogP contribution < -0.4 is 0 Å². The molecule has 0 spiro atoms. The van der Waals surface area contributed by atoms with Crippen LogP contribution in [0.2, 0.25) is 0 Å². The van der Waals surface area contributed by atoms with E-state index in [1.165, 1.54) is 35.1 Å². The van der Waals surface area contributed by atoms with Gasteiger partial charge in [-0.1, -0.05) is 49.8 Å². The highest BCUT2D eigenvalue weighted by Crippen LogP contribution is 2.19. The third-order valence-corrected chi connectivity index (χ3v) is 2.97. The van der Waals surface area contributed by atoms with Crippen molar-refractivity contribution in [1.82, 2.24) is 0 Å². The molecule has 1 rings (SSSR count). The normalized spacial score (nSPS) is 13.0. The highest BCUT2D eigenvalue weighted by molar-refractivity contribution is 5.68. The van der Waals surface area contributed by atoms with Gasteiger partial charge in [0.05, 0.1) is 0 Å². The summed E-state index contributed by atoms with van der Waals surface area (Å²) in [4.78, 5) is 0. The molecule has 0 unspecified atom stereocenters. The van der Waals surface area contributed by atoms with Crippen molar-refractivity contribution < 1.29 is 0 Å². The van der Waals surface area contributed by atoms with Gasteiger partial charge < -0.3 is 0 Å². The maximum atomic E-state index is 2.32. The van der Waals surface area contributed by atoms with E-state index in [9.17, 15) is 0 Å². The van der Waals surface area contributed by atoms with E-state index < -0.39 is 0 Å². The molecule has 0 heterocycles. The minimum absolute atomic E-state index is 1.17. The lowest BCUT2D eigenvalue weighted by Gasteiger charge is -2.05. The van der Waals surface area contributed by atoms with Gasteiger partial charge in [0, 0.05) is 0 Å². The molecule has 0 heteroatoms. The van der Waals surface area contributed by atoms with E-state index in [4.69, 9.17) is 0 Å². The fourth-order valence-corrected chi connectivity index (χ4v) is 1.64. The molecule has 0 N–H and O–H groups in total. The third kappa shape index (κ3) is 3.37. The van der Waals surface area contributed by atoms with Crippen molar-refractivity contribution in [1.29, 1.82) is 0 Å². The predicted octanol–water partition coefficient (Wildman–Crippen LogP) is 5.31. The summed E-state index contributed by atoms with van der Waals surface area (Å²) in [5.74, 6) is 0. The Balaban J connectivity index is 2.86. The Kier molecular flexibility index (Phi) is 5.04.